The Morgan fingerprint density at radius 1 is 1.24 bits per heavy atom. The van der Waals surface area contributed by atoms with E-state index in [1.54, 1.807) is 14.2 Å². The maximum Gasteiger partial charge on any atom is 0.272 e. The van der Waals surface area contributed by atoms with E-state index in [-0.39, 0.29) is 11.3 Å². The third-order valence-electron chi connectivity index (χ3n) is 4.44. The van der Waals surface area contributed by atoms with Crippen molar-refractivity contribution in [3.63, 3.8) is 0 Å². The predicted molar refractivity (Wildman–Crippen MR) is 80.5 cm³/mol. The van der Waals surface area contributed by atoms with Crippen LogP contribution < -0.4 is 20.5 Å². The molecule has 0 atom stereocenters. The number of hydrogen-bond donors (Lipinski definition) is 2. The topological polar surface area (TPSA) is 78.2 Å². The molecule has 0 unspecified atom stereocenters. The van der Waals surface area contributed by atoms with E-state index in [2.05, 4.69) is 12.1 Å². The van der Waals surface area contributed by atoms with Gasteiger partial charge in [-0.1, -0.05) is 18.9 Å². The van der Waals surface area contributed by atoms with E-state index in [0.717, 1.165) is 30.9 Å². The fraction of sp³-hybridized carbons (Fsp3) is 0.562. The van der Waals surface area contributed by atoms with Crippen molar-refractivity contribution in [3.05, 3.63) is 23.8 Å². The van der Waals surface area contributed by atoms with Gasteiger partial charge in [-0.15, -0.1) is 0 Å². The molecule has 21 heavy (non-hydrogen) atoms. The van der Waals surface area contributed by atoms with Gasteiger partial charge in [-0.25, -0.2) is 0 Å². The van der Waals surface area contributed by atoms with E-state index in [4.69, 9.17) is 15.2 Å². The lowest BCUT2D eigenvalue weighted by Gasteiger charge is -2.28. The van der Waals surface area contributed by atoms with Crippen LogP contribution in [0.25, 0.3) is 0 Å². The zero-order chi connectivity index (χ0) is 15.3. The van der Waals surface area contributed by atoms with Gasteiger partial charge in [0.05, 0.1) is 20.8 Å². The molecular weight excluding hydrogens is 268 g/mol. The van der Waals surface area contributed by atoms with Gasteiger partial charge in [-0.05, 0) is 30.5 Å². The van der Waals surface area contributed by atoms with Gasteiger partial charge in [0.1, 0.15) is 0 Å². The summed E-state index contributed by atoms with van der Waals surface area (Å²) in [6.45, 7) is 1.22. The number of rotatable bonds is 7. The summed E-state index contributed by atoms with van der Waals surface area (Å²) >= 11 is 0. The number of amides is 1. The molecule has 0 aromatic heterocycles. The van der Waals surface area contributed by atoms with Crippen molar-refractivity contribution in [2.45, 2.75) is 31.1 Å². The van der Waals surface area contributed by atoms with Gasteiger partial charge < -0.3 is 20.5 Å². The van der Waals surface area contributed by atoms with Crippen molar-refractivity contribution in [3.8, 4) is 11.5 Å². The van der Waals surface area contributed by atoms with Crippen LogP contribution in [0.3, 0.4) is 0 Å². The third-order valence-corrected chi connectivity index (χ3v) is 4.44. The minimum Gasteiger partial charge on any atom is -0.493 e. The summed E-state index contributed by atoms with van der Waals surface area (Å²) in [6, 6.07) is 6.15. The average molecular weight is 293 g/mol. The number of ether oxygens (including phenoxy) is 2. The molecule has 1 fully saturated rings. The largest absolute Gasteiger partial charge is 0.493 e. The van der Waals surface area contributed by atoms with E-state index in [1.165, 1.54) is 18.4 Å². The third kappa shape index (κ3) is 3.47. The van der Waals surface area contributed by atoms with Gasteiger partial charge in [0, 0.05) is 5.41 Å². The molecule has 1 saturated carbocycles. The summed E-state index contributed by atoms with van der Waals surface area (Å²) < 4.78 is 10.7. The monoisotopic (exact) mass is 293 g/mol. The van der Waals surface area contributed by atoms with Gasteiger partial charge >= 0.3 is 0 Å². The van der Waals surface area contributed by atoms with Crippen molar-refractivity contribution in [2.75, 3.05) is 27.3 Å². The lowest BCUT2D eigenvalue weighted by molar-refractivity contribution is -0.651. The van der Waals surface area contributed by atoms with Crippen LogP contribution in [-0.4, -0.2) is 33.2 Å². The smallest absolute Gasteiger partial charge is 0.272 e. The van der Waals surface area contributed by atoms with Crippen molar-refractivity contribution in [1.82, 2.24) is 0 Å². The van der Waals surface area contributed by atoms with Crippen LogP contribution in [0.15, 0.2) is 18.2 Å². The van der Waals surface area contributed by atoms with E-state index in [0.29, 0.717) is 6.54 Å². The van der Waals surface area contributed by atoms with Crippen molar-refractivity contribution >= 4 is 5.91 Å². The number of quaternary nitrogens is 1. The van der Waals surface area contributed by atoms with Crippen molar-refractivity contribution in [2.24, 2.45) is 5.73 Å². The van der Waals surface area contributed by atoms with E-state index in [1.807, 2.05) is 11.4 Å². The Kier molecular flexibility index (Phi) is 5.07. The Labute approximate surface area is 125 Å². The van der Waals surface area contributed by atoms with Crippen LogP contribution >= 0.6 is 0 Å². The molecule has 2 rings (SSSR count). The minimum absolute atomic E-state index is 0.106. The number of primary amides is 1. The highest BCUT2D eigenvalue weighted by Crippen LogP contribution is 2.42. The van der Waals surface area contributed by atoms with E-state index >= 15 is 0 Å². The molecule has 116 valence electrons. The zero-order valence-corrected chi connectivity index (χ0v) is 12.9. The Morgan fingerprint density at radius 2 is 1.90 bits per heavy atom. The summed E-state index contributed by atoms with van der Waals surface area (Å²) in [5.74, 6) is 1.24. The van der Waals surface area contributed by atoms with Crippen molar-refractivity contribution < 1.29 is 19.6 Å². The molecule has 1 aromatic rings. The lowest BCUT2D eigenvalue weighted by atomic mass is 9.78. The maximum absolute atomic E-state index is 11.0. The highest BCUT2D eigenvalue weighted by atomic mass is 16.5. The van der Waals surface area contributed by atoms with Crippen molar-refractivity contribution in [1.29, 1.82) is 0 Å². The first-order chi connectivity index (χ1) is 10.1. The van der Waals surface area contributed by atoms with Crippen LogP contribution in [0, 0.1) is 0 Å². The number of benzene rings is 1. The van der Waals surface area contributed by atoms with Crippen LogP contribution in [0.1, 0.15) is 31.2 Å². The fourth-order valence-corrected chi connectivity index (χ4v) is 3.32. The first kappa shape index (κ1) is 15.6. The molecule has 0 aliphatic heterocycles. The molecular formula is C16H25N2O3+. The van der Waals surface area contributed by atoms with Crippen LogP contribution in [0.4, 0.5) is 0 Å². The summed E-state index contributed by atoms with van der Waals surface area (Å²) in [7, 11) is 3.30. The summed E-state index contributed by atoms with van der Waals surface area (Å²) in [4.78, 5) is 11.0. The number of carbonyl (C=O) groups excluding carboxylic acids is 1. The predicted octanol–water partition coefficient (Wildman–Crippen LogP) is 0.564. The van der Waals surface area contributed by atoms with Gasteiger partial charge in [0.25, 0.3) is 5.91 Å². The molecule has 1 aliphatic carbocycles. The van der Waals surface area contributed by atoms with Gasteiger partial charge in [0.15, 0.2) is 18.0 Å². The lowest BCUT2D eigenvalue weighted by Crippen LogP contribution is -2.89. The molecule has 5 nitrogen and oxygen atoms in total. The summed E-state index contributed by atoms with van der Waals surface area (Å²) in [5.41, 5.74) is 6.60. The summed E-state index contributed by atoms with van der Waals surface area (Å²) in [6.07, 6.45) is 4.72. The molecule has 0 saturated heterocycles. The maximum atomic E-state index is 11.0. The van der Waals surface area contributed by atoms with Crippen LogP contribution in [0.5, 0.6) is 11.5 Å². The Balaban J connectivity index is 2.23. The van der Waals surface area contributed by atoms with Crippen LogP contribution in [0.2, 0.25) is 0 Å². The second-order valence-corrected chi connectivity index (χ2v) is 5.72. The minimum atomic E-state index is -0.268. The first-order valence-corrected chi connectivity index (χ1v) is 7.44. The highest BCUT2D eigenvalue weighted by molar-refractivity contribution is 5.74. The number of carbonyl (C=O) groups is 1. The molecule has 1 amide bonds. The van der Waals surface area contributed by atoms with E-state index < -0.39 is 0 Å². The van der Waals surface area contributed by atoms with E-state index in [9.17, 15) is 4.79 Å². The number of nitrogens with two attached hydrogens (primary N) is 2. The molecule has 1 aliphatic rings. The molecule has 0 radical (unpaired) electrons. The second-order valence-electron chi connectivity index (χ2n) is 5.72. The summed E-state index contributed by atoms with van der Waals surface area (Å²) in [5, 5.41) is 2.02. The Morgan fingerprint density at radius 3 is 2.48 bits per heavy atom. The molecule has 0 heterocycles. The normalized spacial score (nSPS) is 16.7. The first-order valence-electron chi connectivity index (χ1n) is 7.44. The molecule has 0 spiro atoms. The Hall–Kier alpha value is -1.75. The average Bonchev–Trinajstić information content (AvgIpc) is 2.96. The fourth-order valence-electron chi connectivity index (χ4n) is 3.32. The molecule has 4 N–H and O–H groups in total. The number of methoxy groups -OCH3 is 2. The van der Waals surface area contributed by atoms with Crippen LogP contribution in [-0.2, 0) is 10.2 Å². The number of hydrogen-bond acceptors (Lipinski definition) is 3. The van der Waals surface area contributed by atoms with Gasteiger partial charge in [0.2, 0.25) is 0 Å². The molecule has 1 aromatic carbocycles. The molecule has 0 bridgehead atoms. The quantitative estimate of drug-likeness (QED) is 0.771. The zero-order valence-electron chi connectivity index (χ0n) is 12.9. The van der Waals surface area contributed by atoms with Gasteiger partial charge in [-0.3, -0.25) is 4.79 Å². The van der Waals surface area contributed by atoms with Gasteiger partial charge in [-0.2, -0.15) is 0 Å². The highest BCUT2D eigenvalue weighted by Gasteiger charge is 2.38. The second kappa shape index (κ2) is 6.80. The molecule has 5 heteroatoms. The standard InChI is InChI=1S/C16H24N2O3/c1-20-13-6-5-12(9-14(13)21-2)16(7-3-4-8-16)11-18-10-15(17)19/h5-6,9,18H,3-4,7-8,10-11H2,1-2H3,(H2,17,19)/p+1. The SMILES string of the molecule is COc1ccc(C2(C[NH2+]CC(N)=O)CCCC2)cc1OC. The Bertz CT molecular complexity index is 496.